The van der Waals surface area contributed by atoms with E-state index >= 15 is 0 Å². The fraction of sp³-hybridized carbons (Fsp3) is 0.250. The van der Waals surface area contributed by atoms with Gasteiger partial charge in [-0.3, -0.25) is 9.36 Å². The van der Waals surface area contributed by atoms with Crippen LogP contribution >= 0.6 is 11.6 Å². The van der Waals surface area contributed by atoms with Crippen LogP contribution in [0.15, 0.2) is 52.2 Å². The molecule has 5 rings (SSSR count). The number of nitrogens with zero attached hydrogens (tertiary/aromatic N) is 5. The van der Waals surface area contributed by atoms with Gasteiger partial charge in [0, 0.05) is 12.1 Å². The molecule has 1 aliphatic rings. The van der Waals surface area contributed by atoms with Gasteiger partial charge in [0.05, 0.1) is 17.7 Å². The predicted molar refractivity (Wildman–Crippen MR) is 105 cm³/mol. The van der Waals surface area contributed by atoms with E-state index < -0.39 is 0 Å². The van der Waals surface area contributed by atoms with E-state index in [1.165, 1.54) is 29.2 Å². The Balaban J connectivity index is 1.34. The molecule has 0 amide bonds. The highest BCUT2D eigenvalue weighted by Gasteiger charge is 2.31. The number of pyridine rings is 1. The standard InChI is InChI=1S/C20H15ClFN5O3/c21-14-5-6-23-19-17(14)20(28)27(10-24-19)8-16-25-18(26-30-16)12-7-15(29-9-12)11-1-3-13(22)4-2-11/h1-6,10,12,15H,7-9H2. The van der Waals surface area contributed by atoms with Gasteiger partial charge in [-0.2, -0.15) is 4.98 Å². The van der Waals surface area contributed by atoms with Crippen molar-refractivity contribution in [2.45, 2.75) is 25.0 Å². The third-order valence-electron chi connectivity index (χ3n) is 5.07. The molecule has 3 aromatic heterocycles. The van der Waals surface area contributed by atoms with Gasteiger partial charge in [-0.15, -0.1) is 0 Å². The molecule has 0 spiro atoms. The van der Waals surface area contributed by atoms with Crippen molar-refractivity contribution in [3.05, 3.63) is 81.3 Å². The van der Waals surface area contributed by atoms with Crippen molar-refractivity contribution in [3.8, 4) is 0 Å². The molecule has 0 N–H and O–H groups in total. The largest absolute Gasteiger partial charge is 0.373 e. The Labute approximate surface area is 174 Å². The highest BCUT2D eigenvalue weighted by molar-refractivity contribution is 6.35. The third kappa shape index (κ3) is 3.46. The molecule has 30 heavy (non-hydrogen) atoms. The van der Waals surface area contributed by atoms with Gasteiger partial charge in [-0.25, -0.2) is 14.4 Å². The van der Waals surface area contributed by atoms with Gasteiger partial charge in [0.25, 0.3) is 5.56 Å². The molecule has 0 aliphatic carbocycles. The summed E-state index contributed by atoms with van der Waals surface area (Å²) >= 11 is 6.12. The third-order valence-corrected chi connectivity index (χ3v) is 5.38. The maximum Gasteiger partial charge on any atom is 0.264 e. The van der Waals surface area contributed by atoms with Crippen LogP contribution in [0.1, 0.15) is 35.7 Å². The smallest absolute Gasteiger partial charge is 0.264 e. The van der Waals surface area contributed by atoms with Crippen molar-refractivity contribution >= 4 is 22.6 Å². The lowest BCUT2D eigenvalue weighted by atomic mass is 10.00. The van der Waals surface area contributed by atoms with E-state index in [0.717, 1.165) is 5.56 Å². The van der Waals surface area contributed by atoms with Gasteiger partial charge in [0.1, 0.15) is 24.1 Å². The fourth-order valence-corrected chi connectivity index (χ4v) is 3.74. The van der Waals surface area contributed by atoms with Crippen LogP contribution < -0.4 is 5.56 Å². The maximum absolute atomic E-state index is 13.1. The van der Waals surface area contributed by atoms with E-state index in [1.54, 1.807) is 18.2 Å². The second kappa shape index (κ2) is 7.58. The van der Waals surface area contributed by atoms with Crippen LogP contribution in [0, 0.1) is 5.82 Å². The van der Waals surface area contributed by atoms with E-state index in [-0.39, 0.29) is 51.9 Å². The van der Waals surface area contributed by atoms with Crippen LogP contribution in [0.3, 0.4) is 0 Å². The number of hydrogen-bond acceptors (Lipinski definition) is 7. The number of halogens is 2. The van der Waals surface area contributed by atoms with E-state index in [1.807, 2.05) is 0 Å². The number of hydrogen-bond donors (Lipinski definition) is 0. The van der Waals surface area contributed by atoms with Gasteiger partial charge < -0.3 is 9.26 Å². The summed E-state index contributed by atoms with van der Waals surface area (Å²) < 4.78 is 25.6. The van der Waals surface area contributed by atoms with Gasteiger partial charge in [0.2, 0.25) is 5.89 Å². The van der Waals surface area contributed by atoms with Gasteiger partial charge in [-0.05, 0) is 30.2 Å². The minimum absolute atomic E-state index is 0.0531. The quantitative estimate of drug-likeness (QED) is 0.493. The predicted octanol–water partition coefficient (Wildman–Crippen LogP) is 3.26. The van der Waals surface area contributed by atoms with E-state index in [2.05, 4.69) is 20.1 Å². The first-order chi connectivity index (χ1) is 14.6. The lowest BCUT2D eigenvalue weighted by Gasteiger charge is -2.08. The Morgan fingerprint density at radius 1 is 1.20 bits per heavy atom. The molecule has 2 atom stereocenters. The lowest BCUT2D eigenvalue weighted by Crippen LogP contribution is -2.22. The van der Waals surface area contributed by atoms with Gasteiger partial charge >= 0.3 is 0 Å². The van der Waals surface area contributed by atoms with Crippen LogP contribution in [0.25, 0.3) is 11.0 Å². The summed E-state index contributed by atoms with van der Waals surface area (Å²) in [6.07, 6.45) is 3.37. The molecule has 4 heterocycles. The first-order valence-electron chi connectivity index (χ1n) is 9.27. The van der Waals surface area contributed by atoms with Crippen molar-refractivity contribution in [1.29, 1.82) is 0 Å². The van der Waals surface area contributed by atoms with Crippen LogP contribution in [-0.2, 0) is 11.3 Å². The zero-order valence-corrected chi connectivity index (χ0v) is 16.3. The Bertz CT molecular complexity index is 1270. The normalized spacial score (nSPS) is 18.9. The zero-order valence-electron chi connectivity index (χ0n) is 15.5. The molecule has 2 unspecified atom stereocenters. The van der Waals surface area contributed by atoms with Crippen molar-refractivity contribution < 1.29 is 13.7 Å². The number of ether oxygens (including phenoxy) is 1. The Kier molecular flexibility index (Phi) is 4.76. The van der Waals surface area contributed by atoms with Crippen LogP contribution in [0.2, 0.25) is 5.02 Å². The second-order valence-electron chi connectivity index (χ2n) is 7.02. The maximum atomic E-state index is 13.1. The molecule has 10 heteroatoms. The molecule has 8 nitrogen and oxygen atoms in total. The lowest BCUT2D eigenvalue weighted by molar-refractivity contribution is 0.110. The van der Waals surface area contributed by atoms with Gasteiger partial charge in [-0.1, -0.05) is 28.9 Å². The molecule has 0 bridgehead atoms. The van der Waals surface area contributed by atoms with Crippen molar-refractivity contribution in [2.24, 2.45) is 0 Å². The summed E-state index contributed by atoms with van der Waals surface area (Å²) in [4.78, 5) is 25.3. The summed E-state index contributed by atoms with van der Waals surface area (Å²) in [5.41, 5.74) is 0.852. The molecule has 0 radical (unpaired) electrons. The van der Waals surface area contributed by atoms with Crippen LogP contribution in [0.5, 0.6) is 0 Å². The summed E-state index contributed by atoms with van der Waals surface area (Å²) in [6.45, 7) is 0.495. The van der Waals surface area contributed by atoms with Crippen LogP contribution in [-0.4, -0.2) is 31.3 Å². The van der Waals surface area contributed by atoms with Crippen molar-refractivity contribution in [3.63, 3.8) is 0 Å². The molecule has 1 aromatic carbocycles. The molecule has 4 aromatic rings. The summed E-state index contributed by atoms with van der Waals surface area (Å²) in [7, 11) is 0. The number of fused-ring (bicyclic) bond motifs is 1. The SMILES string of the molecule is O=c1c2c(Cl)ccnc2ncn1Cc1nc(C2COC(c3ccc(F)cc3)C2)no1. The van der Waals surface area contributed by atoms with Crippen molar-refractivity contribution in [1.82, 2.24) is 24.7 Å². The monoisotopic (exact) mass is 427 g/mol. The van der Waals surface area contributed by atoms with Crippen molar-refractivity contribution in [2.75, 3.05) is 6.61 Å². The van der Waals surface area contributed by atoms with Gasteiger partial charge in [0.15, 0.2) is 11.5 Å². The molecule has 1 aliphatic heterocycles. The Morgan fingerprint density at radius 2 is 2.03 bits per heavy atom. The van der Waals surface area contributed by atoms with E-state index in [9.17, 15) is 9.18 Å². The minimum Gasteiger partial charge on any atom is -0.373 e. The molecular weight excluding hydrogens is 413 g/mol. The molecule has 152 valence electrons. The van der Waals surface area contributed by atoms with E-state index in [0.29, 0.717) is 18.9 Å². The topological polar surface area (TPSA) is 95.9 Å². The Hall–Kier alpha value is -3.17. The highest BCUT2D eigenvalue weighted by atomic mass is 35.5. The number of rotatable bonds is 4. The average Bonchev–Trinajstić information content (AvgIpc) is 3.40. The molecular formula is C20H15ClFN5O3. The first kappa shape index (κ1) is 18.8. The summed E-state index contributed by atoms with van der Waals surface area (Å²) in [5.74, 6) is 0.448. The zero-order chi connectivity index (χ0) is 20.7. The Morgan fingerprint density at radius 3 is 2.87 bits per heavy atom. The minimum atomic E-state index is -0.335. The fourth-order valence-electron chi connectivity index (χ4n) is 3.52. The molecule has 1 fully saturated rings. The molecule has 1 saturated heterocycles. The van der Waals surface area contributed by atoms with Crippen LogP contribution in [0.4, 0.5) is 4.39 Å². The summed E-state index contributed by atoms with van der Waals surface area (Å²) in [5, 5.41) is 4.57. The second-order valence-corrected chi connectivity index (χ2v) is 7.43. The highest BCUT2D eigenvalue weighted by Crippen LogP contribution is 2.37. The van der Waals surface area contributed by atoms with E-state index in [4.69, 9.17) is 20.9 Å². The number of aromatic nitrogens is 5. The first-order valence-corrected chi connectivity index (χ1v) is 9.65. The number of benzene rings is 1. The average molecular weight is 428 g/mol. The summed E-state index contributed by atoms with van der Waals surface area (Å²) in [6, 6.07) is 7.79. The molecule has 0 saturated carbocycles.